The van der Waals surface area contributed by atoms with Crippen molar-refractivity contribution in [2.75, 3.05) is 6.54 Å². The molecule has 1 aromatic heterocycles. The molecule has 0 fully saturated rings. The number of thiazole rings is 1. The largest absolute Gasteiger partial charge is 0.309 e. The van der Waals surface area contributed by atoms with E-state index >= 15 is 0 Å². The number of aryl methyl sites for hydroxylation is 2. The molecule has 1 heterocycles. The summed E-state index contributed by atoms with van der Waals surface area (Å²) in [5.41, 5.74) is 1.75. The Balaban J connectivity index is 2.30. The highest BCUT2D eigenvalue weighted by atomic mass is 79.9. The molecule has 0 radical (unpaired) electrons. The highest BCUT2D eigenvalue weighted by Crippen LogP contribution is 2.29. The van der Waals surface area contributed by atoms with Gasteiger partial charge in [-0.2, -0.15) is 0 Å². The van der Waals surface area contributed by atoms with Gasteiger partial charge in [-0.15, -0.1) is 11.3 Å². The van der Waals surface area contributed by atoms with Crippen LogP contribution >= 0.6 is 27.3 Å². The van der Waals surface area contributed by atoms with Crippen molar-refractivity contribution < 1.29 is 4.39 Å². The zero-order chi connectivity index (χ0) is 14.7. The third-order valence-electron chi connectivity index (χ3n) is 3.14. The topological polar surface area (TPSA) is 24.9 Å². The lowest BCUT2D eigenvalue weighted by molar-refractivity contribution is 0.531. The highest BCUT2D eigenvalue weighted by Gasteiger charge is 2.19. The second kappa shape index (κ2) is 6.78. The number of nitrogens with zero attached hydrogens (tertiary/aromatic N) is 1. The number of rotatable bonds is 5. The Morgan fingerprint density at radius 3 is 2.75 bits per heavy atom. The van der Waals surface area contributed by atoms with Gasteiger partial charge in [-0.1, -0.05) is 22.9 Å². The normalized spacial score (nSPS) is 12.7. The van der Waals surface area contributed by atoms with Crippen molar-refractivity contribution >= 4 is 27.3 Å². The van der Waals surface area contributed by atoms with Gasteiger partial charge >= 0.3 is 0 Å². The van der Waals surface area contributed by atoms with E-state index in [2.05, 4.69) is 33.2 Å². The van der Waals surface area contributed by atoms with Crippen LogP contribution in [-0.2, 0) is 6.42 Å². The first-order valence-corrected chi connectivity index (χ1v) is 8.23. The number of aromatic nitrogens is 1. The fraction of sp³-hybridized carbons (Fsp3) is 0.400. The van der Waals surface area contributed by atoms with Gasteiger partial charge in [0.25, 0.3) is 0 Å². The van der Waals surface area contributed by atoms with Crippen LogP contribution in [0.1, 0.15) is 34.1 Å². The fourth-order valence-electron chi connectivity index (χ4n) is 2.29. The van der Waals surface area contributed by atoms with Crippen molar-refractivity contribution in [3.8, 4) is 0 Å². The van der Waals surface area contributed by atoms with Crippen molar-refractivity contribution in [1.82, 2.24) is 10.3 Å². The summed E-state index contributed by atoms with van der Waals surface area (Å²) in [5.74, 6) is -0.157. The maximum absolute atomic E-state index is 13.9. The zero-order valence-corrected chi connectivity index (χ0v) is 14.2. The summed E-state index contributed by atoms with van der Waals surface area (Å²) in [5, 5.41) is 4.49. The zero-order valence-electron chi connectivity index (χ0n) is 11.8. The number of likely N-dealkylation sites (N-methyl/N-ethyl adjacent to an activating group) is 1. The summed E-state index contributed by atoms with van der Waals surface area (Å²) in [6.07, 6.45) is 0.627. The van der Waals surface area contributed by atoms with Crippen LogP contribution in [0.25, 0.3) is 0 Å². The Bertz CT molecular complexity index is 598. The second-order valence-electron chi connectivity index (χ2n) is 4.73. The molecule has 0 aliphatic heterocycles. The third kappa shape index (κ3) is 3.65. The van der Waals surface area contributed by atoms with Crippen molar-refractivity contribution in [3.05, 3.63) is 49.6 Å². The Kier molecular flexibility index (Phi) is 5.29. The van der Waals surface area contributed by atoms with Crippen molar-refractivity contribution in [3.63, 3.8) is 0 Å². The molecule has 1 N–H and O–H groups in total. The van der Waals surface area contributed by atoms with Crippen LogP contribution in [0.4, 0.5) is 4.39 Å². The maximum Gasteiger partial charge on any atom is 0.126 e. The van der Waals surface area contributed by atoms with E-state index in [4.69, 9.17) is 0 Å². The van der Waals surface area contributed by atoms with Gasteiger partial charge in [-0.3, -0.25) is 0 Å². The molecule has 0 saturated carbocycles. The lowest BCUT2D eigenvalue weighted by Crippen LogP contribution is -2.23. The van der Waals surface area contributed by atoms with Crippen LogP contribution in [0.5, 0.6) is 0 Å². The first-order valence-electron chi connectivity index (χ1n) is 6.62. The molecule has 1 unspecified atom stereocenters. The summed E-state index contributed by atoms with van der Waals surface area (Å²) >= 11 is 5.09. The minimum atomic E-state index is -0.157. The number of nitrogens with one attached hydrogen (secondary N) is 1. The summed E-state index contributed by atoms with van der Waals surface area (Å²) in [6.45, 7) is 6.93. The lowest BCUT2D eigenvalue weighted by atomic mass is 10.0. The average molecular weight is 357 g/mol. The van der Waals surface area contributed by atoms with E-state index in [1.807, 2.05) is 19.9 Å². The number of benzene rings is 1. The van der Waals surface area contributed by atoms with Gasteiger partial charge in [0.05, 0.1) is 10.7 Å². The average Bonchev–Trinajstić information content (AvgIpc) is 2.72. The molecule has 0 aliphatic carbocycles. The molecule has 2 rings (SSSR count). The van der Waals surface area contributed by atoms with Crippen LogP contribution in [0.2, 0.25) is 0 Å². The van der Waals surface area contributed by atoms with Gasteiger partial charge in [-0.05, 0) is 50.6 Å². The highest BCUT2D eigenvalue weighted by molar-refractivity contribution is 9.10. The standard InChI is InChI=1S/C15H18BrFN2S/c1-4-18-14(15-9(2)19-10(3)20-15)8-11-7-12(16)5-6-13(11)17/h5-7,14,18H,4,8H2,1-3H3. The van der Waals surface area contributed by atoms with Crippen LogP contribution in [-0.4, -0.2) is 11.5 Å². The van der Waals surface area contributed by atoms with E-state index in [1.165, 1.54) is 10.9 Å². The number of halogens is 2. The van der Waals surface area contributed by atoms with Crippen molar-refractivity contribution in [1.29, 1.82) is 0 Å². The smallest absolute Gasteiger partial charge is 0.126 e. The first-order chi connectivity index (χ1) is 9.51. The predicted octanol–water partition coefficient (Wildman–Crippen LogP) is 4.55. The molecular weight excluding hydrogens is 339 g/mol. The Labute approximate surface area is 131 Å². The van der Waals surface area contributed by atoms with E-state index in [-0.39, 0.29) is 11.9 Å². The molecule has 2 aromatic rings. The van der Waals surface area contributed by atoms with E-state index in [0.717, 1.165) is 27.3 Å². The first kappa shape index (κ1) is 15.6. The maximum atomic E-state index is 13.9. The van der Waals surface area contributed by atoms with Gasteiger partial charge in [-0.25, -0.2) is 9.37 Å². The SMILES string of the molecule is CCNC(Cc1cc(Br)ccc1F)c1sc(C)nc1C. The Morgan fingerprint density at radius 2 is 2.15 bits per heavy atom. The minimum Gasteiger partial charge on any atom is -0.309 e. The monoisotopic (exact) mass is 356 g/mol. The molecule has 0 spiro atoms. The molecule has 0 saturated heterocycles. The summed E-state index contributed by atoms with van der Waals surface area (Å²) in [7, 11) is 0. The van der Waals surface area contributed by atoms with Gasteiger partial charge in [0.2, 0.25) is 0 Å². The fourth-order valence-corrected chi connectivity index (χ4v) is 3.71. The van der Waals surface area contributed by atoms with Gasteiger partial charge in [0.15, 0.2) is 0 Å². The summed E-state index contributed by atoms with van der Waals surface area (Å²) in [6, 6.07) is 5.19. The summed E-state index contributed by atoms with van der Waals surface area (Å²) in [4.78, 5) is 5.67. The van der Waals surface area contributed by atoms with E-state index in [0.29, 0.717) is 6.42 Å². The molecule has 20 heavy (non-hydrogen) atoms. The van der Waals surface area contributed by atoms with Gasteiger partial charge in [0, 0.05) is 15.4 Å². The molecule has 0 bridgehead atoms. The molecule has 0 amide bonds. The molecular formula is C15H18BrFN2S. The van der Waals surface area contributed by atoms with E-state index in [1.54, 1.807) is 17.4 Å². The van der Waals surface area contributed by atoms with Crippen LogP contribution in [0, 0.1) is 19.7 Å². The van der Waals surface area contributed by atoms with Crippen LogP contribution < -0.4 is 5.32 Å². The number of hydrogen-bond acceptors (Lipinski definition) is 3. The van der Waals surface area contributed by atoms with E-state index < -0.39 is 0 Å². The Hall–Kier alpha value is -0.780. The minimum absolute atomic E-state index is 0.106. The van der Waals surface area contributed by atoms with E-state index in [9.17, 15) is 4.39 Å². The Morgan fingerprint density at radius 1 is 1.40 bits per heavy atom. The van der Waals surface area contributed by atoms with Crippen LogP contribution in [0.3, 0.4) is 0 Å². The van der Waals surface area contributed by atoms with Gasteiger partial charge < -0.3 is 5.32 Å². The predicted molar refractivity (Wildman–Crippen MR) is 85.8 cm³/mol. The van der Waals surface area contributed by atoms with Gasteiger partial charge in [0.1, 0.15) is 5.82 Å². The lowest BCUT2D eigenvalue weighted by Gasteiger charge is -2.17. The summed E-state index contributed by atoms with van der Waals surface area (Å²) < 4.78 is 14.8. The molecule has 1 atom stereocenters. The molecule has 5 heteroatoms. The third-order valence-corrected chi connectivity index (χ3v) is 4.82. The second-order valence-corrected chi connectivity index (χ2v) is 6.88. The van der Waals surface area contributed by atoms with Crippen molar-refractivity contribution in [2.45, 2.75) is 33.2 Å². The number of hydrogen-bond donors (Lipinski definition) is 1. The van der Waals surface area contributed by atoms with Crippen molar-refractivity contribution in [2.24, 2.45) is 0 Å². The quantitative estimate of drug-likeness (QED) is 0.849. The van der Waals surface area contributed by atoms with Crippen LogP contribution in [0.15, 0.2) is 22.7 Å². The molecule has 2 nitrogen and oxygen atoms in total. The molecule has 1 aromatic carbocycles. The molecule has 0 aliphatic rings. The molecule has 108 valence electrons.